The summed E-state index contributed by atoms with van der Waals surface area (Å²) < 4.78 is 0. The molecule has 0 fully saturated rings. The van der Waals surface area contributed by atoms with Gasteiger partial charge in [0.25, 0.3) is 0 Å². The Kier molecular flexibility index (Phi) is 5.58. The summed E-state index contributed by atoms with van der Waals surface area (Å²) in [6.07, 6.45) is 0.536. The highest BCUT2D eigenvalue weighted by molar-refractivity contribution is 7.18. The maximum absolute atomic E-state index is 12.7. The molecule has 1 unspecified atom stereocenters. The molecule has 0 aliphatic rings. The summed E-state index contributed by atoms with van der Waals surface area (Å²) in [7, 11) is 0. The molecule has 7 heteroatoms. The van der Waals surface area contributed by atoms with Crippen molar-refractivity contribution in [2.45, 2.75) is 33.1 Å². The van der Waals surface area contributed by atoms with Crippen molar-refractivity contribution in [3.05, 3.63) is 51.4 Å². The van der Waals surface area contributed by atoms with E-state index in [0.29, 0.717) is 6.42 Å². The molecule has 1 aromatic carbocycles. The highest BCUT2D eigenvalue weighted by atomic mass is 32.1. The van der Waals surface area contributed by atoms with Gasteiger partial charge in [-0.25, -0.2) is 9.59 Å². The first-order chi connectivity index (χ1) is 11.8. The Bertz CT molecular complexity index is 840. The monoisotopic (exact) mass is 361 g/mol. The van der Waals surface area contributed by atoms with Crippen LogP contribution in [0.1, 0.15) is 56.0 Å². The van der Waals surface area contributed by atoms with Gasteiger partial charge in [0.05, 0.1) is 11.5 Å². The van der Waals surface area contributed by atoms with Gasteiger partial charge in [-0.2, -0.15) is 0 Å². The van der Waals surface area contributed by atoms with Crippen LogP contribution in [0.4, 0.5) is 5.00 Å². The fourth-order valence-corrected chi connectivity index (χ4v) is 3.76. The maximum Gasteiger partial charge on any atom is 0.346 e. The number of anilines is 1. The van der Waals surface area contributed by atoms with Crippen molar-refractivity contribution in [2.24, 2.45) is 0 Å². The van der Waals surface area contributed by atoms with E-state index in [9.17, 15) is 24.6 Å². The van der Waals surface area contributed by atoms with Crippen molar-refractivity contribution >= 4 is 34.2 Å². The molecule has 2 aromatic rings. The van der Waals surface area contributed by atoms with Gasteiger partial charge in [-0.3, -0.25) is 4.79 Å². The van der Waals surface area contributed by atoms with Gasteiger partial charge in [0, 0.05) is 0 Å². The lowest BCUT2D eigenvalue weighted by atomic mass is 9.94. The number of benzene rings is 1. The third-order valence-corrected chi connectivity index (χ3v) is 5.16. The van der Waals surface area contributed by atoms with Gasteiger partial charge < -0.3 is 15.5 Å². The fourth-order valence-electron chi connectivity index (χ4n) is 2.72. The minimum Gasteiger partial charge on any atom is -0.478 e. The van der Waals surface area contributed by atoms with Crippen molar-refractivity contribution in [3.8, 4) is 0 Å². The Morgan fingerprint density at radius 3 is 2.36 bits per heavy atom. The number of amides is 1. The van der Waals surface area contributed by atoms with Crippen LogP contribution in [-0.4, -0.2) is 28.1 Å². The van der Waals surface area contributed by atoms with Crippen LogP contribution in [0.15, 0.2) is 24.3 Å². The smallest absolute Gasteiger partial charge is 0.346 e. The lowest BCUT2D eigenvalue weighted by molar-refractivity contribution is -0.117. The van der Waals surface area contributed by atoms with Gasteiger partial charge in [0.15, 0.2) is 0 Å². The molecule has 132 valence electrons. The zero-order valence-electron chi connectivity index (χ0n) is 14.1. The first-order valence-electron chi connectivity index (χ1n) is 7.73. The maximum atomic E-state index is 12.7. The second-order valence-electron chi connectivity index (χ2n) is 5.73. The minimum absolute atomic E-state index is 0.0542. The number of hydrogen-bond donors (Lipinski definition) is 3. The van der Waals surface area contributed by atoms with E-state index < -0.39 is 17.9 Å². The van der Waals surface area contributed by atoms with Crippen LogP contribution in [0.5, 0.6) is 0 Å². The van der Waals surface area contributed by atoms with Crippen LogP contribution in [0.25, 0.3) is 0 Å². The molecule has 1 amide bonds. The normalized spacial score (nSPS) is 11.8. The molecular weight excluding hydrogens is 342 g/mol. The lowest BCUT2D eigenvalue weighted by Gasteiger charge is -2.15. The summed E-state index contributed by atoms with van der Waals surface area (Å²) in [6, 6.07) is 7.55. The van der Waals surface area contributed by atoms with E-state index in [1.807, 2.05) is 38.1 Å². The van der Waals surface area contributed by atoms with Crippen molar-refractivity contribution in [1.29, 1.82) is 0 Å². The van der Waals surface area contributed by atoms with Crippen LogP contribution < -0.4 is 5.32 Å². The molecule has 2 rings (SSSR count). The molecule has 0 aliphatic heterocycles. The van der Waals surface area contributed by atoms with E-state index in [1.54, 1.807) is 0 Å². The molecule has 0 aliphatic carbocycles. The van der Waals surface area contributed by atoms with E-state index in [-0.39, 0.29) is 26.9 Å². The predicted octanol–water partition coefficient (Wildman–Crippen LogP) is 3.89. The van der Waals surface area contributed by atoms with Gasteiger partial charge in [-0.1, -0.05) is 36.8 Å². The zero-order valence-corrected chi connectivity index (χ0v) is 14.9. The molecule has 25 heavy (non-hydrogen) atoms. The molecule has 1 atom stereocenters. The fraction of sp³-hybridized carbons (Fsp3) is 0.278. The Balaban J connectivity index is 2.37. The number of carbonyl (C=O) groups excluding carboxylic acids is 1. The van der Waals surface area contributed by atoms with Gasteiger partial charge >= 0.3 is 11.9 Å². The van der Waals surface area contributed by atoms with Crippen molar-refractivity contribution in [3.63, 3.8) is 0 Å². The van der Waals surface area contributed by atoms with Crippen molar-refractivity contribution < 1.29 is 24.6 Å². The number of carboxylic acids is 2. The molecule has 1 heterocycles. The summed E-state index contributed by atoms with van der Waals surface area (Å²) in [6.45, 7) is 5.22. The summed E-state index contributed by atoms with van der Waals surface area (Å²) in [4.78, 5) is 35.3. The molecule has 0 radical (unpaired) electrons. The quantitative estimate of drug-likeness (QED) is 0.724. The van der Waals surface area contributed by atoms with Crippen LogP contribution in [0.3, 0.4) is 0 Å². The molecule has 6 nitrogen and oxygen atoms in total. The zero-order chi connectivity index (χ0) is 18.7. The third kappa shape index (κ3) is 3.88. The number of aryl methyl sites for hydroxylation is 1. The van der Waals surface area contributed by atoms with Gasteiger partial charge in [0.1, 0.15) is 9.88 Å². The molecule has 1 aromatic heterocycles. The minimum atomic E-state index is -1.26. The topological polar surface area (TPSA) is 104 Å². The van der Waals surface area contributed by atoms with Crippen molar-refractivity contribution in [1.82, 2.24) is 0 Å². The largest absolute Gasteiger partial charge is 0.478 e. The Morgan fingerprint density at radius 1 is 1.16 bits per heavy atom. The van der Waals surface area contributed by atoms with E-state index in [4.69, 9.17) is 0 Å². The van der Waals surface area contributed by atoms with Gasteiger partial charge in [-0.15, -0.1) is 11.3 Å². The van der Waals surface area contributed by atoms with Crippen LogP contribution in [0.2, 0.25) is 0 Å². The van der Waals surface area contributed by atoms with Crippen molar-refractivity contribution in [2.75, 3.05) is 5.32 Å². The van der Waals surface area contributed by atoms with Crippen LogP contribution >= 0.6 is 11.3 Å². The lowest BCUT2D eigenvalue weighted by Crippen LogP contribution is -2.21. The number of rotatable bonds is 6. The molecule has 3 N–H and O–H groups in total. The van der Waals surface area contributed by atoms with Crippen LogP contribution in [-0.2, 0) is 4.79 Å². The molecule has 0 saturated carbocycles. The average Bonchev–Trinajstić information content (AvgIpc) is 2.84. The van der Waals surface area contributed by atoms with E-state index in [1.165, 1.54) is 6.92 Å². The SMILES string of the molecule is CCC(C(=O)Nc1sc(C(=O)O)c(C)c1C(=O)O)c1cccc(C)c1. The van der Waals surface area contributed by atoms with Gasteiger partial charge in [0.2, 0.25) is 5.91 Å². The number of nitrogens with one attached hydrogen (secondary N) is 1. The highest BCUT2D eigenvalue weighted by Crippen LogP contribution is 2.34. The summed E-state index contributed by atoms with van der Waals surface area (Å²) in [5.74, 6) is -3.28. The summed E-state index contributed by atoms with van der Waals surface area (Å²) >= 11 is 0.765. The van der Waals surface area contributed by atoms with E-state index >= 15 is 0 Å². The van der Waals surface area contributed by atoms with Gasteiger partial charge in [-0.05, 0) is 31.4 Å². The van der Waals surface area contributed by atoms with E-state index in [2.05, 4.69) is 5.32 Å². The molecule has 0 bridgehead atoms. The number of carboxylic acid groups (broad SMARTS) is 2. The number of hydrogen-bond acceptors (Lipinski definition) is 4. The number of carbonyl (C=O) groups is 3. The Morgan fingerprint density at radius 2 is 1.84 bits per heavy atom. The highest BCUT2D eigenvalue weighted by Gasteiger charge is 2.27. The Hall–Kier alpha value is -2.67. The first-order valence-corrected chi connectivity index (χ1v) is 8.55. The average molecular weight is 361 g/mol. The summed E-state index contributed by atoms with van der Waals surface area (Å²) in [5.41, 5.74) is 1.83. The molecule has 0 saturated heterocycles. The second kappa shape index (κ2) is 7.48. The summed E-state index contributed by atoms with van der Waals surface area (Å²) in [5, 5.41) is 21.2. The second-order valence-corrected chi connectivity index (χ2v) is 6.76. The predicted molar refractivity (Wildman–Crippen MR) is 95.8 cm³/mol. The first kappa shape index (κ1) is 18.7. The van der Waals surface area contributed by atoms with E-state index in [0.717, 1.165) is 22.5 Å². The molecule has 0 spiro atoms. The molecular formula is C18H19NO5S. The number of thiophene rings is 1. The van der Waals surface area contributed by atoms with Crippen LogP contribution in [0, 0.1) is 13.8 Å². The standard InChI is InChI=1S/C18H19NO5S/c1-4-12(11-7-5-6-9(2)8-11)15(20)19-16-13(17(21)22)10(3)14(25-16)18(23)24/h5-8,12H,4H2,1-3H3,(H,19,20)(H,21,22)(H,23,24). The third-order valence-electron chi connectivity index (χ3n) is 3.96. The number of aromatic carboxylic acids is 2. The Labute approximate surface area is 149 Å².